The lowest BCUT2D eigenvalue weighted by Crippen LogP contribution is -2.56. The summed E-state index contributed by atoms with van der Waals surface area (Å²) < 4.78 is 10.6. The monoisotopic (exact) mass is 611 g/mol. The molecule has 0 unspecified atom stereocenters. The normalized spacial score (nSPS) is 16.1. The minimum Gasteiger partial charge on any atom is -0.497 e. The van der Waals surface area contributed by atoms with Gasteiger partial charge in [-0.15, -0.1) is 6.58 Å². The quantitative estimate of drug-likeness (QED) is 0.196. The van der Waals surface area contributed by atoms with Gasteiger partial charge in [0.05, 0.1) is 13.2 Å². The lowest BCUT2D eigenvalue weighted by atomic mass is 9.97. The number of aliphatic hydroxyl groups is 1. The number of ether oxygens (including phenoxy) is 2. The van der Waals surface area contributed by atoms with Crippen molar-refractivity contribution >= 4 is 23.5 Å². The van der Waals surface area contributed by atoms with Gasteiger partial charge in [-0.3, -0.25) is 9.59 Å². The second kappa shape index (κ2) is 16.3. The van der Waals surface area contributed by atoms with Crippen molar-refractivity contribution in [3.05, 3.63) is 121 Å². The Bertz CT molecular complexity index is 1430. The molecule has 0 bridgehead atoms. The van der Waals surface area contributed by atoms with Crippen molar-refractivity contribution < 1.29 is 29.0 Å². The Hall–Kier alpha value is -4.89. The second-order valence-corrected chi connectivity index (χ2v) is 10.8. The van der Waals surface area contributed by atoms with E-state index in [0.29, 0.717) is 37.2 Å². The maximum absolute atomic E-state index is 14.0. The maximum atomic E-state index is 14.0. The molecule has 1 saturated heterocycles. The molecule has 0 spiro atoms. The molecule has 0 aromatic heterocycles. The lowest BCUT2D eigenvalue weighted by Gasteiger charge is -2.36. The average molecular weight is 612 g/mol. The third-order valence-corrected chi connectivity index (χ3v) is 7.82. The Balaban J connectivity index is 1.65. The first-order valence-corrected chi connectivity index (χ1v) is 15.0. The number of aliphatic hydroxyl groups excluding tert-OH is 1. The molecule has 45 heavy (non-hydrogen) atoms. The number of nitrogens with one attached hydrogen (secondary N) is 1. The Morgan fingerprint density at radius 1 is 1.00 bits per heavy atom. The van der Waals surface area contributed by atoms with Crippen molar-refractivity contribution in [2.75, 3.05) is 31.7 Å². The van der Waals surface area contributed by atoms with E-state index in [-0.39, 0.29) is 13.0 Å². The molecule has 2 N–H and O–H groups in total. The van der Waals surface area contributed by atoms with Crippen LogP contribution in [0.5, 0.6) is 5.75 Å². The van der Waals surface area contributed by atoms with Crippen LogP contribution < -0.4 is 15.0 Å². The van der Waals surface area contributed by atoms with Crippen molar-refractivity contribution in [1.29, 1.82) is 0 Å². The van der Waals surface area contributed by atoms with Crippen molar-refractivity contribution in [1.82, 2.24) is 10.2 Å². The summed E-state index contributed by atoms with van der Waals surface area (Å²) in [6.45, 7) is 8.21. The number of amides is 2. The summed E-state index contributed by atoms with van der Waals surface area (Å²) in [5.74, 6) is -0.963. The van der Waals surface area contributed by atoms with Gasteiger partial charge in [-0.25, -0.2) is 4.79 Å². The molecule has 1 aliphatic rings. The molecule has 4 atom stereocenters. The Morgan fingerprint density at radius 2 is 1.67 bits per heavy atom. The van der Waals surface area contributed by atoms with E-state index < -0.39 is 42.0 Å². The number of esters is 1. The summed E-state index contributed by atoms with van der Waals surface area (Å²) in [6, 6.07) is 23.2. The van der Waals surface area contributed by atoms with Crippen LogP contribution in [0.15, 0.2) is 110 Å². The molecule has 1 fully saturated rings. The van der Waals surface area contributed by atoms with Gasteiger partial charge in [0.15, 0.2) is 6.10 Å². The number of rotatable bonds is 15. The van der Waals surface area contributed by atoms with Crippen molar-refractivity contribution in [3.8, 4) is 5.75 Å². The van der Waals surface area contributed by atoms with Crippen LogP contribution in [0, 0.1) is 0 Å². The molecular weight excluding hydrogens is 570 g/mol. The highest BCUT2D eigenvalue weighted by atomic mass is 16.5. The highest BCUT2D eigenvalue weighted by molar-refractivity contribution is 5.93. The zero-order valence-corrected chi connectivity index (χ0v) is 25.6. The zero-order chi connectivity index (χ0) is 32.2. The van der Waals surface area contributed by atoms with E-state index in [9.17, 15) is 19.5 Å². The molecule has 4 rings (SSSR count). The Morgan fingerprint density at radius 3 is 2.29 bits per heavy atom. The summed E-state index contributed by atoms with van der Waals surface area (Å²) in [5.41, 5.74) is 2.27. The third-order valence-electron chi connectivity index (χ3n) is 7.82. The van der Waals surface area contributed by atoms with Crippen LogP contribution >= 0.6 is 0 Å². The van der Waals surface area contributed by atoms with Crippen LogP contribution in [0.3, 0.4) is 0 Å². The fourth-order valence-electron chi connectivity index (χ4n) is 5.64. The average Bonchev–Trinajstić information content (AvgIpc) is 3.57. The van der Waals surface area contributed by atoms with Crippen LogP contribution in [0.1, 0.15) is 30.0 Å². The molecular formula is C36H41N3O6. The fourth-order valence-corrected chi connectivity index (χ4v) is 5.64. The first kappa shape index (κ1) is 33.0. The number of nitrogens with zero attached hydrogens (tertiary/aromatic N) is 2. The molecule has 0 radical (unpaired) electrons. The number of hydrogen-bond acceptors (Lipinski definition) is 7. The molecule has 236 valence electrons. The van der Waals surface area contributed by atoms with Crippen molar-refractivity contribution in [2.24, 2.45) is 0 Å². The smallest absolute Gasteiger partial charge is 0.329 e. The van der Waals surface area contributed by atoms with Gasteiger partial charge < -0.3 is 29.7 Å². The minimum absolute atomic E-state index is 0.0456. The number of benzene rings is 3. The van der Waals surface area contributed by atoms with Gasteiger partial charge in [0.2, 0.25) is 5.91 Å². The van der Waals surface area contributed by atoms with Gasteiger partial charge in [-0.05, 0) is 48.2 Å². The van der Waals surface area contributed by atoms with Gasteiger partial charge in [0.25, 0.3) is 5.91 Å². The van der Waals surface area contributed by atoms with Crippen LogP contribution in [0.25, 0.3) is 0 Å². The van der Waals surface area contributed by atoms with E-state index in [1.165, 1.54) is 11.0 Å². The number of likely N-dealkylation sites (tertiary alicyclic amines) is 1. The summed E-state index contributed by atoms with van der Waals surface area (Å²) in [5, 5.41) is 14.6. The van der Waals surface area contributed by atoms with E-state index in [1.54, 1.807) is 25.3 Å². The second-order valence-electron chi connectivity index (χ2n) is 10.8. The van der Waals surface area contributed by atoms with Crippen molar-refractivity contribution in [3.63, 3.8) is 0 Å². The summed E-state index contributed by atoms with van der Waals surface area (Å²) >= 11 is 0. The van der Waals surface area contributed by atoms with Gasteiger partial charge in [0.1, 0.15) is 24.4 Å². The van der Waals surface area contributed by atoms with E-state index in [2.05, 4.69) is 18.5 Å². The number of anilines is 1. The van der Waals surface area contributed by atoms with Crippen LogP contribution in [0.2, 0.25) is 0 Å². The standard InChI is InChI=1S/C36H41N3O6/c1-4-22-38(28-18-20-29(44-3)21-19-28)32(27-15-10-7-11-16-27)33(40)34(41)37-30(25-26-13-8-6-9-14-26)35(42)39-23-12-17-31(39)36(43)45-24-5-2/h4-11,13-16,18-21,30-33,40H,1-2,12,17,22-25H2,3H3,(H,37,41)/t30-,31+,32-,33-/m1/s1. The molecule has 2 amide bonds. The zero-order valence-electron chi connectivity index (χ0n) is 25.6. The van der Waals surface area contributed by atoms with Crippen LogP contribution in [-0.2, 0) is 25.5 Å². The summed E-state index contributed by atoms with van der Waals surface area (Å²) in [4.78, 5) is 44.1. The summed E-state index contributed by atoms with van der Waals surface area (Å²) in [6.07, 6.45) is 2.86. The number of methoxy groups -OCH3 is 1. The molecule has 0 aliphatic carbocycles. The molecule has 0 saturated carbocycles. The predicted octanol–water partition coefficient (Wildman–Crippen LogP) is 4.24. The number of hydrogen-bond donors (Lipinski definition) is 2. The SMILES string of the molecule is C=CCOC(=O)[C@@H]1CCCN1C(=O)[C@@H](Cc1ccccc1)NC(=O)[C@H](O)[C@@H](c1ccccc1)N(CC=C)c1ccc(OC)cc1. The van der Waals surface area contributed by atoms with Gasteiger partial charge >= 0.3 is 5.97 Å². The Kier molecular flexibility index (Phi) is 11.9. The minimum atomic E-state index is -1.58. The molecule has 9 heteroatoms. The largest absolute Gasteiger partial charge is 0.497 e. The fraction of sp³-hybridized carbons (Fsp3) is 0.306. The first-order valence-electron chi connectivity index (χ1n) is 15.0. The van der Waals surface area contributed by atoms with Gasteiger partial charge in [0, 0.05) is 25.2 Å². The predicted molar refractivity (Wildman–Crippen MR) is 174 cm³/mol. The van der Waals surface area contributed by atoms with E-state index in [0.717, 1.165) is 11.3 Å². The van der Waals surface area contributed by atoms with Gasteiger partial charge in [-0.2, -0.15) is 0 Å². The third kappa shape index (κ3) is 8.39. The van der Waals surface area contributed by atoms with Crippen molar-refractivity contribution in [2.45, 2.75) is 43.5 Å². The van der Waals surface area contributed by atoms with Gasteiger partial charge in [-0.1, -0.05) is 79.4 Å². The van der Waals surface area contributed by atoms with Crippen LogP contribution in [0.4, 0.5) is 5.69 Å². The first-order chi connectivity index (χ1) is 21.9. The van der Waals surface area contributed by atoms with Crippen LogP contribution in [-0.4, -0.2) is 72.8 Å². The summed E-state index contributed by atoms with van der Waals surface area (Å²) in [7, 11) is 1.58. The molecule has 1 heterocycles. The molecule has 3 aromatic carbocycles. The topological polar surface area (TPSA) is 108 Å². The van der Waals surface area contributed by atoms with E-state index in [1.807, 2.05) is 77.7 Å². The highest BCUT2D eigenvalue weighted by Gasteiger charge is 2.40. The lowest BCUT2D eigenvalue weighted by molar-refractivity contribution is -0.153. The molecule has 1 aliphatic heterocycles. The number of carbonyl (C=O) groups is 3. The van der Waals surface area contributed by atoms with E-state index in [4.69, 9.17) is 9.47 Å². The highest BCUT2D eigenvalue weighted by Crippen LogP contribution is 2.32. The Labute approximate surface area is 264 Å². The molecule has 3 aromatic rings. The number of carbonyl (C=O) groups excluding carboxylic acids is 3. The van der Waals surface area contributed by atoms with E-state index >= 15 is 0 Å². The maximum Gasteiger partial charge on any atom is 0.329 e. The molecule has 9 nitrogen and oxygen atoms in total.